The Kier molecular flexibility index (Phi) is 8.97. The van der Waals surface area contributed by atoms with E-state index in [2.05, 4.69) is 4.98 Å². The largest absolute Gasteiger partial charge is 0.507 e. The third-order valence-corrected chi connectivity index (χ3v) is 7.54. The first-order chi connectivity index (χ1) is 19.6. The lowest BCUT2D eigenvalue weighted by Gasteiger charge is -2.23. The second-order valence-corrected chi connectivity index (χ2v) is 10.3. The highest BCUT2D eigenvalue weighted by Crippen LogP contribution is 2.45. The summed E-state index contributed by atoms with van der Waals surface area (Å²) in [6.45, 7) is 9.80. The highest BCUT2D eigenvalue weighted by atomic mass is 32.1. The fourth-order valence-electron chi connectivity index (χ4n) is 4.51. The van der Waals surface area contributed by atoms with Crippen molar-refractivity contribution in [2.24, 2.45) is 0 Å². The zero-order valence-corrected chi connectivity index (χ0v) is 24.3. The Labute approximate surface area is 241 Å². The van der Waals surface area contributed by atoms with E-state index < -0.39 is 23.7 Å². The molecule has 0 bridgehead atoms. The number of esters is 1. The van der Waals surface area contributed by atoms with Gasteiger partial charge in [-0.05, 0) is 75.6 Å². The first-order valence-corrected chi connectivity index (χ1v) is 14.1. The molecule has 41 heavy (non-hydrogen) atoms. The molecule has 1 aliphatic rings. The lowest BCUT2D eigenvalue weighted by atomic mass is 9.94. The summed E-state index contributed by atoms with van der Waals surface area (Å²) in [6, 6.07) is 8.30. The number of Topliss-reactive ketones (excluding diaryl/α,β-unsaturated/α-hetero) is 1. The molecule has 1 fully saturated rings. The summed E-state index contributed by atoms with van der Waals surface area (Å²) in [7, 11) is 0. The van der Waals surface area contributed by atoms with Gasteiger partial charge in [-0.3, -0.25) is 14.5 Å². The Bertz CT molecular complexity index is 1530. The Morgan fingerprint density at radius 2 is 1.78 bits per heavy atom. The van der Waals surface area contributed by atoms with Crippen molar-refractivity contribution in [3.8, 4) is 17.2 Å². The molecule has 1 amide bonds. The van der Waals surface area contributed by atoms with E-state index in [1.807, 2.05) is 13.8 Å². The number of ether oxygens (including phenoxy) is 3. The normalized spacial score (nSPS) is 16.2. The van der Waals surface area contributed by atoms with E-state index in [1.54, 1.807) is 39.0 Å². The maximum absolute atomic E-state index is 13.6. The van der Waals surface area contributed by atoms with Crippen molar-refractivity contribution in [3.63, 3.8) is 0 Å². The zero-order valence-electron chi connectivity index (χ0n) is 23.5. The summed E-state index contributed by atoms with van der Waals surface area (Å²) >= 11 is 0.914. The van der Waals surface area contributed by atoms with Crippen molar-refractivity contribution in [2.45, 2.75) is 47.1 Å². The molecule has 0 spiro atoms. The second kappa shape index (κ2) is 12.4. The molecule has 2 heterocycles. The molecule has 4 rings (SSSR count). The Hall–Kier alpha value is -4.38. The van der Waals surface area contributed by atoms with Gasteiger partial charge in [0.25, 0.3) is 5.78 Å². The van der Waals surface area contributed by atoms with Crippen molar-refractivity contribution in [3.05, 3.63) is 69.2 Å². The predicted octanol–water partition coefficient (Wildman–Crippen LogP) is 5.46. The SMILES string of the molecule is CCCOc1ccc(C(O)=C2C(=O)C(=O)N(c3nc(C)c(C(=O)OCC)s3)[C@H]2c2ccc(O)c(OCC)c2)cc1C. The lowest BCUT2D eigenvalue weighted by molar-refractivity contribution is -0.132. The van der Waals surface area contributed by atoms with Crippen LogP contribution in [0.1, 0.15) is 65.3 Å². The van der Waals surface area contributed by atoms with E-state index in [-0.39, 0.29) is 46.1 Å². The van der Waals surface area contributed by atoms with Gasteiger partial charge in [0, 0.05) is 5.56 Å². The highest BCUT2D eigenvalue weighted by Gasteiger charge is 2.48. The number of aromatic hydroxyl groups is 1. The number of benzene rings is 2. The van der Waals surface area contributed by atoms with Gasteiger partial charge in [0.15, 0.2) is 16.6 Å². The minimum Gasteiger partial charge on any atom is -0.507 e. The second-order valence-electron chi connectivity index (χ2n) is 9.29. The van der Waals surface area contributed by atoms with Crippen LogP contribution in [-0.4, -0.2) is 52.7 Å². The number of carbonyl (C=O) groups is 3. The van der Waals surface area contributed by atoms with Crippen molar-refractivity contribution in [1.29, 1.82) is 0 Å². The van der Waals surface area contributed by atoms with Crippen molar-refractivity contribution in [1.82, 2.24) is 4.98 Å². The Morgan fingerprint density at radius 3 is 2.44 bits per heavy atom. The molecule has 0 saturated carbocycles. The van der Waals surface area contributed by atoms with Crippen molar-refractivity contribution < 1.29 is 38.8 Å². The average Bonchev–Trinajstić information content (AvgIpc) is 3.45. The van der Waals surface area contributed by atoms with Crippen LogP contribution < -0.4 is 14.4 Å². The molecule has 1 saturated heterocycles. The number of anilines is 1. The van der Waals surface area contributed by atoms with Crippen molar-refractivity contribution in [2.75, 3.05) is 24.7 Å². The quantitative estimate of drug-likeness (QED) is 0.139. The number of phenolic OH excluding ortho intramolecular Hbond substituents is 1. The fourth-order valence-corrected chi connectivity index (χ4v) is 5.50. The van der Waals surface area contributed by atoms with Crippen LogP contribution >= 0.6 is 11.3 Å². The molecule has 216 valence electrons. The highest BCUT2D eigenvalue weighted by molar-refractivity contribution is 7.17. The van der Waals surface area contributed by atoms with Gasteiger partial charge in [0.05, 0.1) is 37.1 Å². The molecule has 1 aromatic heterocycles. The third kappa shape index (κ3) is 5.76. The number of rotatable bonds is 10. The number of aryl methyl sites for hydroxylation is 2. The van der Waals surface area contributed by atoms with Gasteiger partial charge in [-0.15, -0.1) is 0 Å². The Balaban J connectivity index is 1.91. The topological polar surface area (TPSA) is 135 Å². The summed E-state index contributed by atoms with van der Waals surface area (Å²) in [5, 5.41) is 21.9. The lowest BCUT2D eigenvalue weighted by Crippen LogP contribution is -2.29. The minimum atomic E-state index is -1.13. The van der Waals surface area contributed by atoms with Gasteiger partial charge in [0.2, 0.25) is 0 Å². The molecule has 0 radical (unpaired) electrons. The first kappa shape index (κ1) is 29.6. The number of ketones is 1. The van der Waals surface area contributed by atoms with Crippen LogP contribution in [-0.2, 0) is 14.3 Å². The van der Waals surface area contributed by atoms with Crippen molar-refractivity contribution >= 4 is 39.9 Å². The van der Waals surface area contributed by atoms with E-state index in [9.17, 15) is 24.6 Å². The molecular formula is C30H32N2O8S. The van der Waals surface area contributed by atoms with E-state index in [1.165, 1.54) is 18.2 Å². The average molecular weight is 581 g/mol. The molecule has 2 aromatic carbocycles. The zero-order chi connectivity index (χ0) is 29.8. The summed E-state index contributed by atoms with van der Waals surface area (Å²) < 4.78 is 16.4. The number of hydrogen-bond acceptors (Lipinski definition) is 10. The standard InChI is InChI=1S/C30H32N2O8S/c1-6-13-40-21-12-10-19(14-16(21)4)25(34)23-24(18-9-11-20(33)22(15-18)38-7-2)32(28(36)26(23)35)30-31-17(5)27(41-30)29(37)39-8-3/h9-12,14-15,24,33-34H,6-8,13H2,1-5H3/t24-/m0/s1. The first-order valence-electron chi connectivity index (χ1n) is 13.3. The molecule has 0 aliphatic carbocycles. The molecule has 11 heteroatoms. The number of amides is 1. The maximum Gasteiger partial charge on any atom is 0.350 e. The van der Waals surface area contributed by atoms with Gasteiger partial charge in [-0.25, -0.2) is 9.78 Å². The summed E-state index contributed by atoms with van der Waals surface area (Å²) in [5.74, 6) is -2.16. The van der Waals surface area contributed by atoms with Crippen LogP contribution in [0.15, 0.2) is 42.0 Å². The molecule has 10 nitrogen and oxygen atoms in total. The molecule has 0 unspecified atom stereocenters. The third-order valence-electron chi connectivity index (χ3n) is 6.41. The number of aliphatic hydroxyl groups excluding tert-OH is 1. The van der Waals surface area contributed by atoms with Crippen LogP contribution in [0, 0.1) is 13.8 Å². The van der Waals surface area contributed by atoms with Crippen LogP contribution in [0.4, 0.5) is 5.13 Å². The van der Waals surface area contributed by atoms with Crippen LogP contribution in [0.2, 0.25) is 0 Å². The smallest absolute Gasteiger partial charge is 0.350 e. The maximum atomic E-state index is 13.6. The fraction of sp³-hybridized carbons (Fsp3) is 0.333. The van der Waals surface area contributed by atoms with Gasteiger partial charge in [-0.2, -0.15) is 0 Å². The molecular weight excluding hydrogens is 548 g/mol. The molecule has 1 atom stereocenters. The summed E-state index contributed by atoms with van der Waals surface area (Å²) in [4.78, 5) is 45.4. The Morgan fingerprint density at radius 1 is 1.02 bits per heavy atom. The van der Waals surface area contributed by atoms with Crippen LogP contribution in [0.5, 0.6) is 17.2 Å². The monoisotopic (exact) mass is 580 g/mol. The number of carbonyl (C=O) groups excluding carboxylic acids is 3. The summed E-state index contributed by atoms with van der Waals surface area (Å²) in [5.41, 5.74) is 1.61. The number of nitrogens with zero attached hydrogens (tertiary/aromatic N) is 2. The van der Waals surface area contributed by atoms with E-state index in [4.69, 9.17) is 14.2 Å². The molecule has 3 aromatic rings. The van der Waals surface area contributed by atoms with Crippen LogP contribution in [0.25, 0.3) is 5.76 Å². The number of phenols is 1. The van der Waals surface area contributed by atoms with Gasteiger partial charge in [-0.1, -0.05) is 24.3 Å². The number of aromatic nitrogens is 1. The van der Waals surface area contributed by atoms with E-state index in [0.717, 1.165) is 28.2 Å². The molecule has 1 aliphatic heterocycles. The van der Waals surface area contributed by atoms with Crippen LogP contribution in [0.3, 0.4) is 0 Å². The van der Waals surface area contributed by atoms with E-state index >= 15 is 0 Å². The summed E-state index contributed by atoms with van der Waals surface area (Å²) in [6.07, 6.45) is 0.828. The van der Waals surface area contributed by atoms with Gasteiger partial charge < -0.3 is 24.4 Å². The molecule has 2 N–H and O–H groups in total. The number of thiazole rings is 1. The predicted molar refractivity (Wildman–Crippen MR) is 154 cm³/mol. The van der Waals surface area contributed by atoms with Gasteiger partial charge in [0.1, 0.15) is 16.4 Å². The number of aliphatic hydroxyl groups is 1. The van der Waals surface area contributed by atoms with E-state index in [0.29, 0.717) is 29.2 Å². The number of hydrogen-bond donors (Lipinski definition) is 2. The van der Waals surface area contributed by atoms with Gasteiger partial charge >= 0.3 is 11.9 Å². The minimum absolute atomic E-state index is 0.0854.